The maximum atomic E-state index is 6.23. The van der Waals surface area contributed by atoms with Crippen LogP contribution in [0.4, 0.5) is 5.69 Å². The summed E-state index contributed by atoms with van der Waals surface area (Å²) in [6.07, 6.45) is 4.80. The highest BCUT2D eigenvalue weighted by Crippen LogP contribution is 2.33. The summed E-state index contributed by atoms with van der Waals surface area (Å²) in [6.45, 7) is 4.26. The molecule has 0 radical (unpaired) electrons. The van der Waals surface area contributed by atoms with Gasteiger partial charge >= 0.3 is 0 Å². The standard InChI is InChI=1S/C18H17ClN4/c1-11(2)16-8-17(19)22-18-14(10-21-23(16)18)13-7-12-5-3-4-6-15(12)20-9-13/h3-6,8-11,13H,7H2,1-2H3. The molecule has 3 aromatic rings. The number of aliphatic imine (C=N–C) groups is 1. The Morgan fingerprint density at radius 2 is 2.09 bits per heavy atom. The monoisotopic (exact) mass is 324 g/mol. The molecule has 23 heavy (non-hydrogen) atoms. The second-order valence-electron chi connectivity index (χ2n) is 6.21. The van der Waals surface area contributed by atoms with Gasteiger partial charge < -0.3 is 0 Å². The van der Waals surface area contributed by atoms with Gasteiger partial charge in [0.2, 0.25) is 0 Å². The van der Waals surface area contributed by atoms with E-state index in [2.05, 4.69) is 41.1 Å². The number of benzene rings is 1. The molecule has 0 aliphatic carbocycles. The molecule has 5 heteroatoms. The molecule has 116 valence electrons. The Kier molecular flexibility index (Phi) is 3.42. The van der Waals surface area contributed by atoms with Gasteiger partial charge in [0, 0.05) is 17.7 Å². The second kappa shape index (κ2) is 5.46. The lowest BCUT2D eigenvalue weighted by atomic mass is 9.92. The van der Waals surface area contributed by atoms with Crippen molar-refractivity contribution in [2.45, 2.75) is 32.1 Å². The first-order valence-corrected chi connectivity index (χ1v) is 8.17. The number of halogens is 1. The molecular formula is C18H17ClN4. The minimum absolute atomic E-state index is 0.174. The minimum atomic E-state index is 0.174. The van der Waals surface area contributed by atoms with Crippen molar-refractivity contribution in [2.75, 3.05) is 0 Å². The zero-order valence-corrected chi connectivity index (χ0v) is 13.8. The average Bonchev–Trinajstić information content (AvgIpc) is 2.97. The summed E-state index contributed by atoms with van der Waals surface area (Å²) < 4.78 is 1.90. The fourth-order valence-corrected chi connectivity index (χ4v) is 3.30. The van der Waals surface area contributed by atoms with E-state index in [1.165, 1.54) is 5.56 Å². The van der Waals surface area contributed by atoms with E-state index in [1.807, 2.05) is 35.1 Å². The van der Waals surface area contributed by atoms with Crippen LogP contribution in [0.5, 0.6) is 0 Å². The molecule has 1 atom stereocenters. The fourth-order valence-electron chi connectivity index (χ4n) is 3.10. The summed E-state index contributed by atoms with van der Waals surface area (Å²) in [6, 6.07) is 10.1. The van der Waals surface area contributed by atoms with E-state index in [0.717, 1.165) is 29.0 Å². The molecule has 0 fully saturated rings. The molecule has 3 heterocycles. The van der Waals surface area contributed by atoms with E-state index in [9.17, 15) is 0 Å². The Morgan fingerprint density at radius 3 is 2.91 bits per heavy atom. The third-order valence-electron chi connectivity index (χ3n) is 4.31. The summed E-state index contributed by atoms with van der Waals surface area (Å²) in [5.41, 5.74) is 5.28. The van der Waals surface area contributed by atoms with Gasteiger partial charge in [-0.1, -0.05) is 43.6 Å². The van der Waals surface area contributed by atoms with Crippen LogP contribution in [0.2, 0.25) is 5.15 Å². The molecule has 0 N–H and O–H groups in total. The number of hydrogen-bond donors (Lipinski definition) is 0. The van der Waals surface area contributed by atoms with Crippen molar-refractivity contribution in [1.29, 1.82) is 0 Å². The Hall–Kier alpha value is -2.20. The lowest BCUT2D eigenvalue weighted by Crippen LogP contribution is -2.09. The molecule has 0 bridgehead atoms. The van der Waals surface area contributed by atoms with E-state index >= 15 is 0 Å². The van der Waals surface area contributed by atoms with E-state index in [4.69, 9.17) is 11.6 Å². The Balaban J connectivity index is 1.82. The number of nitrogens with zero attached hydrogens (tertiary/aromatic N) is 4. The molecule has 1 unspecified atom stereocenters. The van der Waals surface area contributed by atoms with Crippen molar-refractivity contribution in [2.24, 2.45) is 4.99 Å². The largest absolute Gasteiger partial charge is 0.260 e. The van der Waals surface area contributed by atoms with Gasteiger partial charge in [-0.2, -0.15) is 5.10 Å². The van der Waals surface area contributed by atoms with Crippen LogP contribution in [0, 0.1) is 0 Å². The van der Waals surface area contributed by atoms with E-state index in [0.29, 0.717) is 11.1 Å². The summed E-state index contributed by atoms with van der Waals surface area (Å²) >= 11 is 6.23. The van der Waals surface area contributed by atoms with E-state index < -0.39 is 0 Å². The molecule has 0 saturated heterocycles. The SMILES string of the molecule is CC(C)c1cc(Cl)nc2c(C3C=Nc4ccccc4C3)cnn12. The number of aromatic nitrogens is 3. The number of hydrogen-bond acceptors (Lipinski definition) is 3. The molecule has 2 aromatic heterocycles. The Labute approximate surface area is 139 Å². The molecule has 1 aromatic carbocycles. The van der Waals surface area contributed by atoms with Crippen LogP contribution in [-0.4, -0.2) is 20.8 Å². The predicted molar refractivity (Wildman–Crippen MR) is 93.1 cm³/mol. The molecular weight excluding hydrogens is 308 g/mol. The summed E-state index contributed by atoms with van der Waals surface area (Å²) in [7, 11) is 0. The lowest BCUT2D eigenvalue weighted by molar-refractivity contribution is 0.749. The zero-order valence-electron chi connectivity index (χ0n) is 13.1. The van der Waals surface area contributed by atoms with Crippen LogP contribution in [-0.2, 0) is 6.42 Å². The smallest absolute Gasteiger partial charge is 0.160 e. The maximum absolute atomic E-state index is 6.23. The first-order valence-electron chi connectivity index (χ1n) is 7.79. The van der Waals surface area contributed by atoms with Gasteiger partial charge in [-0.05, 0) is 30.0 Å². The topological polar surface area (TPSA) is 42.5 Å². The van der Waals surface area contributed by atoms with Gasteiger partial charge in [-0.3, -0.25) is 4.99 Å². The normalized spacial score (nSPS) is 17.0. The van der Waals surface area contributed by atoms with Crippen LogP contribution in [0.1, 0.15) is 42.5 Å². The highest BCUT2D eigenvalue weighted by molar-refractivity contribution is 6.29. The quantitative estimate of drug-likeness (QED) is 0.649. The number of rotatable bonds is 2. The van der Waals surface area contributed by atoms with Crippen molar-refractivity contribution in [3.8, 4) is 0 Å². The van der Waals surface area contributed by atoms with Crippen LogP contribution in [0.15, 0.2) is 41.5 Å². The Bertz CT molecular complexity index is 911. The van der Waals surface area contributed by atoms with Crippen LogP contribution in [0.3, 0.4) is 0 Å². The average molecular weight is 325 g/mol. The van der Waals surface area contributed by atoms with Crippen LogP contribution >= 0.6 is 11.6 Å². The first kappa shape index (κ1) is 14.4. The molecule has 0 amide bonds. The van der Waals surface area contributed by atoms with Gasteiger partial charge in [0.05, 0.1) is 17.6 Å². The molecule has 0 spiro atoms. The predicted octanol–water partition coefficient (Wildman–Crippen LogP) is 4.55. The molecule has 1 aliphatic rings. The highest BCUT2D eigenvalue weighted by atomic mass is 35.5. The van der Waals surface area contributed by atoms with Gasteiger partial charge in [-0.25, -0.2) is 9.50 Å². The zero-order chi connectivity index (χ0) is 16.0. The van der Waals surface area contributed by atoms with Gasteiger partial charge in [0.25, 0.3) is 0 Å². The lowest BCUT2D eigenvalue weighted by Gasteiger charge is -2.17. The number of fused-ring (bicyclic) bond motifs is 2. The highest BCUT2D eigenvalue weighted by Gasteiger charge is 2.22. The van der Waals surface area contributed by atoms with Crippen molar-refractivity contribution in [3.05, 3.63) is 58.5 Å². The van der Waals surface area contributed by atoms with E-state index in [1.54, 1.807) is 0 Å². The number of para-hydroxylation sites is 1. The molecule has 4 rings (SSSR count). The molecule has 1 aliphatic heterocycles. The van der Waals surface area contributed by atoms with Crippen molar-refractivity contribution in [1.82, 2.24) is 14.6 Å². The second-order valence-corrected chi connectivity index (χ2v) is 6.60. The van der Waals surface area contributed by atoms with Crippen molar-refractivity contribution >= 4 is 29.2 Å². The van der Waals surface area contributed by atoms with Crippen molar-refractivity contribution in [3.63, 3.8) is 0 Å². The van der Waals surface area contributed by atoms with E-state index in [-0.39, 0.29) is 5.92 Å². The Morgan fingerprint density at radius 1 is 1.26 bits per heavy atom. The van der Waals surface area contributed by atoms with Gasteiger partial charge in [0.15, 0.2) is 5.65 Å². The maximum Gasteiger partial charge on any atom is 0.160 e. The van der Waals surface area contributed by atoms with Crippen LogP contribution in [0.25, 0.3) is 5.65 Å². The van der Waals surface area contributed by atoms with Gasteiger partial charge in [-0.15, -0.1) is 0 Å². The molecule has 0 saturated carbocycles. The summed E-state index contributed by atoms with van der Waals surface area (Å²) in [4.78, 5) is 9.11. The third kappa shape index (κ3) is 2.43. The fraction of sp³-hybridized carbons (Fsp3) is 0.278. The van der Waals surface area contributed by atoms with Crippen LogP contribution < -0.4 is 0 Å². The summed E-state index contributed by atoms with van der Waals surface area (Å²) in [5.74, 6) is 0.500. The van der Waals surface area contributed by atoms with Gasteiger partial charge in [0.1, 0.15) is 5.15 Å². The summed E-state index contributed by atoms with van der Waals surface area (Å²) in [5, 5.41) is 5.06. The first-order chi connectivity index (χ1) is 11.1. The van der Waals surface area contributed by atoms with Crippen molar-refractivity contribution < 1.29 is 0 Å². The minimum Gasteiger partial charge on any atom is -0.260 e. The molecule has 4 nitrogen and oxygen atoms in total. The third-order valence-corrected chi connectivity index (χ3v) is 4.51.